The van der Waals surface area contributed by atoms with E-state index in [1.807, 2.05) is 12.1 Å². The quantitative estimate of drug-likeness (QED) is 0.784. The molecule has 1 aliphatic rings. The summed E-state index contributed by atoms with van der Waals surface area (Å²) in [4.78, 5) is 0. The fourth-order valence-corrected chi connectivity index (χ4v) is 5.09. The van der Waals surface area contributed by atoms with E-state index in [9.17, 15) is 8.42 Å². The van der Waals surface area contributed by atoms with Gasteiger partial charge in [0, 0.05) is 0 Å². The fourth-order valence-electron chi connectivity index (χ4n) is 2.20. The molecule has 3 nitrogen and oxygen atoms in total. The highest BCUT2D eigenvalue weighted by Crippen LogP contribution is 2.30. The summed E-state index contributed by atoms with van der Waals surface area (Å²) in [7, 11) is -3.72. The van der Waals surface area contributed by atoms with Crippen molar-refractivity contribution in [1.29, 1.82) is 0 Å². The van der Waals surface area contributed by atoms with Crippen LogP contribution in [0.4, 0.5) is 0 Å². The van der Waals surface area contributed by atoms with Gasteiger partial charge in [-0.25, -0.2) is 0 Å². The van der Waals surface area contributed by atoms with Crippen molar-refractivity contribution >= 4 is 37.4 Å². The minimum Gasteiger partial charge on any atom is -0.378 e. The molecule has 6 heteroatoms. The molecule has 0 saturated heterocycles. The fraction of sp³-hybridized carbons (Fsp3) is 0.231. The molecular weight excluding hydrogens is 348 g/mol. The van der Waals surface area contributed by atoms with Crippen molar-refractivity contribution < 1.29 is 12.6 Å². The molecule has 0 fully saturated rings. The Hall–Kier alpha value is -0.850. The lowest BCUT2D eigenvalue weighted by Gasteiger charge is -2.07. The molecule has 0 N–H and O–H groups in total. The van der Waals surface area contributed by atoms with Gasteiger partial charge in [0.25, 0.3) is 0 Å². The third-order valence-electron chi connectivity index (χ3n) is 3.07. The van der Waals surface area contributed by atoms with Crippen molar-refractivity contribution in [3.05, 3.63) is 45.2 Å². The van der Waals surface area contributed by atoms with Gasteiger partial charge in [0.15, 0.2) is 4.21 Å². The van der Waals surface area contributed by atoms with Crippen molar-refractivity contribution in [3.63, 3.8) is 0 Å². The molecule has 0 saturated carbocycles. The Bertz CT molecular complexity index is 719. The van der Waals surface area contributed by atoms with Crippen LogP contribution in [0.2, 0.25) is 0 Å². The van der Waals surface area contributed by atoms with Gasteiger partial charge in [-0.15, -0.1) is 11.3 Å². The van der Waals surface area contributed by atoms with E-state index >= 15 is 0 Å². The van der Waals surface area contributed by atoms with Gasteiger partial charge in [0.1, 0.15) is 5.75 Å². The SMILES string of the molecule is O=S(=O)(Oc1ccc2c(c1)CCC2)c1ccc(Br)s1. The second kappa shape index (κ2) is 4.92. The van der Waals surface area contributed by atoms with E-state index in [0.29, 0.717) is 5.75 Å². The molecular formula is C13H11BrO3S2. The van der Waals surface area contributed by atoms with Gasteiger partial charge in [0.2, 0.25) is 0 Å². The lowest BCUT2D eigenvalue weighted by atomic mass is 10.1. The summed E-state index contributed by atoms with van der Waals surface area (Å²) < 4.78 is 30.3. The third kappa shape index (κ3) is 2.70. The van der Waals surface area contributed by atoms with Crippen LogP contribution in [0.5, 0.6) is 5.75 Å². The van der Waals surface area contributed by atoms with Gasteiger partial charge in [-0.3, -0.25) is 0 Å². The van der Waals surface area contributed by atoms with Crippen LogP contribution in [0, 0.1) is 0 Å². The highest BCUT2D eigenvalue weighted by molar-refractivity contribution is 9.11. The summed E-state index contributed by atoms with van der Waals surface area (Å²) in [6.07, 6.45) is 3.20. The average Bonchev–Trinajstić information content (AvgIpc) is 2.96. The van der Waals surface area contributed by atoms with E-state index < -0.39 is 10.1 Å². The van der Waals surface area contributed by atoms with Crippen molar-refractivity contribution in [3.8, 4) is 5.75 Å². The van der Waals surface area contributed by atoms with Gasteiger partial charge < -0.3 is 4.18 Å². The summed E-state index contributed by atoms with van der Waals surface area (Å²) in [5.74, 6) is 0.394. The van der Waals surface area contributed by atoms with Gasteiger partial charge in [-0.05, 0) is 70.6 Å². The van der Waals surface area contributed by atoms with Crippen molar-refractivity contribution in [1.82, 2.24) is 0 Å². The first-order valence-corrected chi connectivity index (χ1v) is 8.88. The molecule has 1 aromatic carbocycles. The van der Waals surface area contributed by atoms with Crippen LogP contribution in [-0.4, -0.2) is 8.42 Å². The lowest BCUT2D eigenvalue weighted by molar-refractivity contribution is 0.488. The van der Waals surface area contributed by atoms with Crippen LogP contribution in [0.3, 0.4) is 0 Å². The molecule has 1 aromatic heterocycles. The largest absolute Gasteiger partial charge is 0.378 e. The third-order valence-corrected chi connectivity index (χ3v) is 6.39. The maximum Gasteiger partial charge on any atom is 0.348 e. The molecule has 0 amide bonds. The predicted octanol–water partition coefficient (Wildman–Crippen LogP) is 3.77. The maximum absolute atomic E-state index is 12.1. The van der Waals surface area contributed by atoms with E-state index in [4.69, 9.17) is 4.18 Å². The van der Waals surface area contributed by atoms with Crippen LogP contribution in [0.15, 0.2) is 38.3 Å². The van der Waals surface area contributed by atoms with Gasteiger partial charge in [0.05, 0.1) is 3.79 Å². The molecule has 0 atom stereocenters. The first kappa shape index (κ1) is 13.1. The molecule has 0 unspecified atom stereocenters. The zero-order valence-corrected chi connectivity index (χ0v) is 13.1. The number of hydrogen-bond donors (Lipinski definition) is 0. The zero-order valence-electron chi connectivity index (χ0n) is 9.93. The molecule has 0 radical (unpaired) electrons. The van der Waals surface area contributed by atoms with E-state index in [0.717, 1.165) is 34.4 Å². The Kier molecular flexibility index (Phi) is 3.41. The second-order valence-corrected chi connectivity index (χ2v) is 8.62. The van der Waals surface area contributed by atoms with Crippen LogP contribution in [-0.2, 0) is 23.0 Å². The number of benzene rings is 1. The van der Waals surface area contributed by atoms with Gasteiger partial charge in [-0.2, -0.15) is 8.42 Å². The smallest absolute Gasteiger partial charge is 0.348 e. The van der Waals surface area contributed by atoms with Crippen molar-refractivity contribution in [2.24, 2.45) is 0 Å². The minimum atomic E-state index is -3.72. The minimum absolute atomic E-state index is 0.208. The number of aryl methyl sites for hydroxylation is 2. The number of thiophene rings is 1. The number of rotatable bonds is 3. The second-order valence-electron chi connectivity index (χ2n) is 4.38. The summed E-state index contributed by atoms with van der Waals surface area (Å²) in [5, 5.41) is 0. The topological polar surface area (TPSA) is 43.4 Å². The van der Waals surface area contributed by atoms with E-state index in [1.54, 1.807) is 12.1 Å². The number of fused-ring (bicyclic) bond motifs is 1. The van der Waals surface area contributed by atoms with E-state index in [-0.39, 0.29) is 4.21 Å². The Morgan fingerprint density at radius 2 is 1.89 bits per heavy atom. The molecule has 2 aromatic rings. The lowest BCUT2D eigenvalue weighted by Crippen LogP contribution is -2.08. The van der Waals surface area contributed by atoms with Crippen LogP contribution in [0.25, 0.3) is 0 Å². The molecule has 19 heavy (non-hydrogen) atoms. The Labute approximate surface area is 124 Å². The summed E-state index contributed by atoms with van der Waals surface area (Å²) in [5.41, 5.74) is 2.49. The van der Waals surface area contributed by atoms with Gasteiger partial charge >= 0.3 is 10.1 Å². The normalized spacial score (nSPS) is 14.4. The monoisotopic (exact) mass is 358 g/mol. The molecule has 1 heterocycles. The summed E-state index contributed by atoms with van der Waals surface area (Å²) in [6.45, 7) is 0. The molecule has 3 rings (SSSR count). The van der Waals surface area contributed by atoms with Crippen LogP contribution in [0.1, 0.15) is 17.5 Å². The molecule has 1 aliphatic carbocycles. The van der Waals surface area contributed by atoms with Crippen molar-refractivity contribution in [2.75, 3.05) is 0 Å². The van der Waals surface area contributed by atoms with Gasteiger partial charge in [-0.1, -0.05) is 6.07 Å². The maximum atomic E-state index is 12.1. The van der Waals surface area contributed by atoms with E-state index in [2.05, 4.69) is 15.9 Å². The first-order chi connectivity index (χ1) is 9.04. The number of halogens is 1. The molecule has 0 aliphatic heterocycles. The zero-order chi connectivity index (χ0) is 13.5. The van der Waals surface area contributed by atoms with Crippen molar-refractivity contribution in [2.45, 2.75) is 23.5 Å². The van der Waals surface area contributed by atoms with Crippen LogP contribution >= 0.6 is 27.3 Å². The Balaban J connectivity index is 1.89. The average molecular weight is 359 g/mol. The van der Waals surface area contributed by atoms with E-state index in [1.165, 1.54) is 17.2 Å². The van der Waals surface area contributed by atoms with Crippen LogP contribution < -0.4 is 4.18 Å². The highest BCUT2D eigenvalue weighted by Gasteiger charge is 2.20. The molecule has 100 valence electrons. The Morgan fingerprint density at radius 3 is 2.63 bits per heavy atom. The number of hydrogen-bond acceptors (Lipinski definition) is 4. The first-order valence-electron chi connectivity index (χ1n) is 5.86. The standard InChI is InChI=1S/C13H11BrO3S2/c14-12-6-7-13(18-12)19(15,16)17-11-5-4-9-2-1-3-10(9)8-11/h4-8H,1-3H2. The Morgan fingerprint density at radius 1 is 1.11 bits per heavy atom. The molecule has 0 spiro atoms. The molecule has 0 bridgehead atoms. The summed E-state index contributed by atoms with van der Waals surface area (Å²) in [6, 6.07) is 8.76. The summed E-state index contributed by atoms with van der Waals surface area (Å²) >= 11 is 4.39. The predicted molar refractivity (Wildman–Crippen MR) is 78.3 cm³/mol. The highest BCUT2D eigenvalue weighted by atomic mass is 79.9.